The normalized spacial score (nSPS) is 11.7. The minimum absolute atomic E-state index is 0.289. The molecule has 0 aromatic carbocycles. The van der Waals surface area contributed by atoms with Crippen molar-refractivity contribution >= 4 is 17.6 Å². The van der Waals surface area contributed by atoms with Gasteiger partial charge < -0.3 is 5.32 Å². The molecule has 102 valence electrons. The summed E-state index contributed by atoms with van der Waals surface area (Å²) in [7, 11) is 0. The van der Waals surface area contributed by atoms with Gasteiger partial charge in [-0.2, -0.15) is 0 Å². The van der Waals surface area contributed by atoms with Gasteiger partial charge in [-0.3, -0.25) is 19.8 Å². The number of amides is 2. The SMILES string of the molecule is C=C(C)C(=O)NC(C)(C)C(=O)C(C)(C)C(=O)NN. The zero-order valence-corrected chi connectivity index (χ0v) is 11.5. The van der Waals surface area contributed by atoms with Crippen molar-refractivity contribution in [2.45, 2.75) is 40.2 Å². The maximum absolute atomic E-state index is 12.3. The van der Waals surface area contributed by atoms with Crippen LogP contribution in [0.2, 0.25) is 0 Å². The number of carbonyl (C=O) groups is 3. The monoisotopic (exact) mass is 255 g/mol. The molecule has 18 heavy (non-hydrogen) atoms. The molecule has 0 spiro atoms. The second-order valence-electron chi connectivity index (χ2n) is 5.29. The Hall–Kier alpha value is -1.69. The van der Waals surface area contributed by atoms with Gasteiger partial charge in [-0.1, -0.05) is 6.58 Å². The summed E-state index contributed by atoms with van der Waals surface area (Å²) in [5.41, 5.74) is -0.288. The number of hydrazine groups is 1. The molecule has 0 saturated carbocycles. The zero-order chi connectivity index (χ0) is 14.7. The molecular formula is C12H21N3O3. The molecule has 4 N–H and O–H groups in total. The number of carbonyl (C=O) groups excluding carboxylic acids is 3. The van der Waals surface area contributed by atoms with Gasteiger partial charge in [-0.25, -0.2) is 5.84 Å². The van der Waals surface area contributed by atoms with E-state index in [1.807, 2.05) is 5.43 Å². The lowest BCUT2D eigenvalue weighted by Gasteiger charge is -2.32. The molecule has 0 aliphatic rings. The fraction of sp³-hybridized carbons (Fsp3) is 0.583. The summed E-state index contributed by atoms with van der Waals surface area (Å²) in [5, 5.41) is 2.53. The van der Waals surface area contributed by atoms with Crippen LogP contribution in [0.1, 0.15) is 34.6 Å². The molecule has 2 amide bonds. The highest BCUT2D eigenvalue weighted by atomic mass is 16.2. The van der Waals surface area contributed by atoms with Crippen LogP contribution in [0.5, 0.6) is 0 Å². The van der Waals surface area contributed by atoms with E-state index in [9.17, 15) is 14.4 Å². The molecule has 0 aliphatic heterocycles. The highest BCUT2D eigenvalue weighted by Crippen LogP contribution is 2.24. The summed E-state index contributed by atoms with van der Waals surface area (Å²) in [5.74, 6) is 3.56. The predicted octanol–water partition coefficient (Wildman–Crippen LogP) is 0.0425. The molecule has 0 heterocycles. The summed E-state index contributed by atoms with van der Waals surface area (Å²) in [6, 6.07) is 0. The topological polar surface area (TPSA) is 101 Å². The molecule has 6 heteroatoms. The summed E-state index contributed by atoms with van der Waals surface area (Å²) < 4.78 is 0. The van der Waals surface area contributed by atoms with Crippen LogP contribution in [-0.4, -0.2) is 23.1 Å². The standard InChI is InChI=1S/C12H21N3O3/c1-7(2)8(16)14-12(5,6)9(17)11(3,4)10(18)15-13/h1,13H2,2-6H3,(H,14,16)(H,15,18). The summed E-state index contributed by atoms with van der Waals surface area (Å²) in [6.45, 7) is 11.0. The molecule has 0 atom stereocenters. The minimum atomic E-state index is -1.33. The lowest BCUT2D eigenvalue weighted by Crippen LogP contribution is -2.58. The maximum Gasteiger partial charge on any atom is 0.247 e. The van der Waals surface area contributed by atoms with Gasteiger partial charge in [-0.15, -0.1) is 0 Å². The first-order valence-corrected chi connectivity index (χ1v) is 5.50. The third-order valence-corrected chi connectivity index (χ3v) is 2.65. The van der Waals surface area contributed by atoms with Crippen LogP contribution in [0, 0.1) is 5.41 Å². The van der Waals surface area contributed by atoms with Crippen molar-refractivity contribution in [2.24, 2.45) is 11.3 Å². The van der Waals surface area contributed by atoms with E-state index in [1.54, 1.807) is 0 Å². The lowest BCUT2D eigenvalue weighted by molar-refractivity contribution is -0.144. The fourth-order valence-corrected chi connectivity index (χ4v) is 1.51. The largest absolute Gasteiger partial charge is 0.340 e. The van der Waals surface area contributed by atoms with Gasteiger partial charge in [0.1, 0.15) is 5.41 Å². The molecule has 0 bridgehead atoms. The van der Waals surface area contributed by atoms with Crippen LogP contribution in [0.25, 0.3) is 0 Å². The molecular weight excluding hydrogens is 234 g/mol. The maximum atomic E-state index is 12.3. The predicted molar refractivity (Wildman–Crippen MR) is 68.2 cm³/mol. The molecule has 0 aromatic rings. The van der Waals surface area contributed by atoms with Crippen molar-refractivity contribution in [1.29, 1.82) is 0 Å². The number of Topliss-reactive ketones (excluding diaryl/α,β-unsaturated/α-hetero) is 1. The molecule has 0 aliphatic carbocycles. The summed E-state index contributed by atoms with van der Waals surface area (Å²) in [4.78, 5) is 35.4. The van der Waals surface area contributed by atoms with Crippen LogP contribution >= 0.6 is 0 Å². The van der Waals surface area contributed by atoms with E-state index < -0.39 is 28.6 Å². The second kappa shape index (κ2) is 5.30. The Bertz CT molecular complexity index is 397. The Kier molecular flexibility index (Phi) is 4.81. The van der Waals surface area contributed by atoms with Gasteiger partial charge in [0.05, 0.1) is 5.54 Å². The Labute approximate surface area is 107 Å². The van der Waals surface area contributed by atoms with Crippen molar-refractivity contribution in [3.8, 4) is 0 Å². The third-order valence-electron chi connectivity index (χ3n) is 2.65. The fourth-order valence-electron chi connectivity index (χ4n) is 1.51. The molecule has 6 nitrogen and oxygen atoms in total. The van der Waals surface area contributed by atoms with Gasteiger partial charge in [0.15, 0.2) is 5.78 Å². The first kappa shape index (κ1) is 16.3. The lowest BCUT2D eigenvalue weighted by atomic mass is 9.77. The Morgan fingerprint density at radius 3 is 1.89 bits per heavy atom. The number of nitrogens with two attached hydrogens (primary N) is 1. The van der Waals surface area contributed by atoms with Crippen molar-refractivity contribution in [1.82, 2.24) is 10.7 Å². The van der Waals surface area contributed by atoms with Crippen LogP contribution in [0.4, 0.5) is 0 Å². The van der Waals surface area contributed by atoms with Gasteiger partial charge in [0, 0.05) is 5.57 Å². The number of rotatable bonds is 5. The first-order chi connectivity index (χ1) is 7.96. The first-order valence-electron chi connectivity index (χ1n) is 5.50. The number of hydrogen-bond donors (Lipinski definition) is 3. The highest BCUT2D eigenvalue weighted by molar-refractivity contribution is 6.10. The third kappa shape index (κ3) is 3.40. The van der Waals surface area contributed by atoms with Gasteiger partial charge >= 0.3 is 0 Å². The van der Waals surface area contributed by atoms with Crippen molar-refractivity contribution in [3.05, 3.63) is 12.2 Å². The van der Waals surface area contributed by atoms with Crippen LogP contribution < -0.4 is 16.6 Å². The minimum Gasteiger partial charge on any atom is -0.340 e. The zero-order valence-electron chi connectivity index (χ0n) is 11.5. The van der Waals surface area contributed by atoms with E-state index in [4.69, 9.17) is 5.84 Å². The number of nitrogens with one attached hydrogen (secondary N) is 2. The van der Waals surface area contributed by atoms with E-state index >= 15 is 0 Å². The van der Waals surface area contributed by atoms with Crippen LogP contribution in [-0.2, 0) is 14.4 Å². The van der Waals surface area contributed by atoms with E-state index in [0.29, 0.717) is 0 Å². The van der Waals surface area contributed by atoms with E-state index in [-0.39, 0.29) is 5.57 Å². The average molecular weight is 255 g/mol. The smallest absolute Gasteiger partial charge is 0.247 e. The van der Waals surface area contributed by atoms with E-state index in [0.717, 1.165) is 0 Å². The molecule has 0 unspecified atom stereocenters. The van der Waals surface area contributed by atoms with Crippen LogP contribution in [0.3, 0.4) is 0 Å². The average Bonchev–Trinajstić information content (AvgIpc) is 2.25. The summed E-state index contributed by atoms with van der Waals surface area (Å²) >= 11 is 0. The molecule has 0 radical (unpaired) electrons. The second-order valence-corrected chi connectivity index (χ2v) is 5.29. The number of hydrogen-bond acceptors (Lipinski definition) is 4. The van der Waals surface area contributed by atoms with Gasteiger partial charge in [0.25, 0.3) is 0 Å². The van der Waals surface area contributed by atoms with E-state index in [1.165, 1.54) is 34.6 Å². The molecule has 0 rings (SSSR count). The quantitative estimate of drug-likeness (QED) is 0.212. The van der Waals surface area contributed by atoms with E-state index in [2.05, 4.69) is 11.9 Å². The van der Waals surface area contributed by atoms with Crippen LogP contribution in [0.15, 0.2) is 12.2 Å². The molecule has 0 fully saturated rings. The van der Waals surface area contributed by atoms with Crippen molar-refractivity contribution in [3.63, 3.8) is 0 Å². The molecule has 0 saturated heterocycles. The Morgan fingerprint density at radius 2 is 1.56 bits per heavy atom. The Balaban J connectivity index is 5.13. The van der Waals surface area contributed by atoms with Gasteiger partial charge in [-0.05, 0) is 34.6 Å². The van der Waals surface area contributed by atoms with Crippen molar-refractivity contribution in [2.75, 3.05) is 0 Å². The Morgan fingerprint density at radius 1 is 1.11 bits per heavy atom. The highest BCUT2D eigenvalue weighted by Gasteiger charge is 2.44. The van der Waals surface area contributed by atoms with Gasteiger partial charge in [0.2, 0.25) is 11.8 Å². The summed E-state index contributed by atoms with van der Waals surface area (Å²) in [6.07, 6.45) is 0. The molecule has 0 aromatic heterocycles. The van der Waals surface area contributed by atoms with Crippen molar-refractivity contribution < 1.29 is 14.4 Å². The number of ketones is 1.